The van der Waals surface area contributed by atoms with Crippen LogP contribution in [0.3, 0.4) is 0 Å². The number of aromatic nitrogens is 2. The Morgan fingerprint density at radius 2 is 1.82 bits per heavy atom. The zero-order chi connectivity index (χ0) is 16.3. The van der Waals surface area contributed by atoms with Crippen LogP contribution in [0.5, 0.6) is 0 Å². The Hall–Kier alpha value is -1.12. The highest BCUT2D eigenvalue weighted by molar-refractivity contribution is 8.01. The molecule has 0 aliphatic heterocycles. The highest BCUT2D eigenvalue weighted by Crippen LogP contribution is 2.29. The predicted octanol–water partition coefficient (Wildman–Crippen LogP) is 3.77. The molecule has 22 heavy (non-hydrogen) atoms. The van der Waals surface area contributed by atoms with E-state index in [1.165, 1.54) is 11.3 Å². The Morgan fingerprint density at radius 3 is 2.41 bits per heavy atom. The molecule has 0 aliphatic rings. The summed E-state index contributed by atoms with van der Waals surface area (Å²) in [5, 5.41) is 8.21. The summed E-state index contributed by atoms with van der Waals surface area (Å²) in [4.78, 5) is 0.316. The average molecular weight is 358 g/mol. The molecule has 0 aliphatic carbocycles. The Morgan fingerprint density at radius 1 is 1.18 bits per heavy atom. The van der Waals surface area contributed by atoms with Crippen LogP contribution in [0.2, 0.25) is 0 Å². The van der Waals surface area contributed by atoms with E-state index in [4.69, 9.17) is 0 Å². The molecule has 1 aromatic heterocycles. The fourth-order valence-electron chi connectivity index (χ4n) is 2.26. The van der Waals surface area contributed by atoms with Crippen LogP contribution in [0.15, 0.2) is 21.4 Å². The molecule has 0 atom stereocenters. The summed E-state index contributed by atoms with van der Waals surface area (Å²) in [6.07, 6.45) is 1.03. The van der Waals surface area contributed by atoms with Crippen LogP contribution in [0.25, 0.3) is 0 Å². The smallest absolute Gasteiger partial charge is 0.253 e. The number of rotatable bonds is 6. The molecule has 0 unspecified atom stereocenters. The highest BCUT2D eigenvalue weighted by Gasteiger charge is 2.21. The van der Waals surface area contributed by atoms with Crippen molar-refractivity contribution >= 4 is 38.3 Å². The number of hydrogen-bond acceptors (Lipinski definition) is 6. The van der Waals surface area contributed by atoms with Gasteiger partial charge in [0.2, 0.25) is 5.13 Å². The second-order valence-corrected chi connectivity index (χ2v) is 8.99. The molecular formula is C14H19N3O2S3. The van der Waals surface area contributed by atoms with Crippen molar-refractivity contribution < 1.29 is 8.42 Å². The van der Waals surface area contributed by atoms with Crippen molar-refractivity contribution in [2.45, 2.75) is 43.4 Å². The minimum Gasteiger partial charge on any atom is -0.253 e. The van der Waals surface area contributed by atoms with Gasteiger partial charge in [-0.15, -0.1) is 10.2 Å². The minimum absolute atomic E-state index is 0.304. The first kappa shape index (κ1) is 17.2. The maximum Gasteiger partial charge on any atom is 0.264 e. The largest absolute Gasteiger partial charge is 0.264 e. The van der Waals surface area contributed by atoms with Crippen LogP contribution < -0.4 is 4.72 Å². The van der Waals surface area contributed by atoms with Gasteiger partial charge in [0.25, 0.3) is 10.0 Å². The Balaban J connectivity index is 2.27. The third kappa shape index (κ3) is 3.99. The fraction of sp³-hybridized carbons (Fsp3) is 0.429. The van der Waals surface area contributed by atoms with Crippen molar-refractivity contribution in [1.82, 2.24) is 10.2 Å². The molecule has 0 spiro atoms. The van der Waals surface area contributed by atoms with E-state index < -0.39 is 10.0 Å². The lowest BCUT2D eigenvalue weighted by Crippen LogP contribution is -2.15. The van der Waals surface area contributed by atoms with E-state index in [1.807, 2.05) is 19.1 Å². The Bertz CT molecular complexity index is 746. The van der Waals surface area contributed by atoms with Gasteiger partial charge in [-0.1, -0.05) is 47.7 Å². The normalized spacial score (nSPS) is 11.6. The molecule has 1 N–H and O–H groups in total. The molecule has 8 heteroatoms. The zero-order valence-electron chi connectivity index (χ0n) is 13.0. The van der Waals surface area contributed by atoms with Crippen LogP contribution >= 0.6 is 23.1 Å². The molecule has 1 heterocycles. The van der Waals surface area contributed by atoms with Crippen molar-refractivity contribution in [1.29, 1.82) is 0 Å². The van der Waals surface area contributed by atoms with Crippen LogP contribution in [0.1, 0.15) is 30.0 Å². The number of nitrogens with zero attached hydrogens (tertiary/aromatic N) is 2. The second-order valence-electron chi connectivity index (χ2n) is 5.05. The SMILES string of the molecule is CCCSc1nnc(NS(=O)(=O)c2c(C)cc(C)cc2C)s1. The number of thioether (sulfide) groups is 1. The van der Waals surface area contributed by atoms with E-state index >= 15 is 0 Å². The maximum absolute atomic E-state index is 12.6. The molecule has 2 rings (SSSR count). The summed E-state index contributed by atoms with van der Waals surface area (Å²) in [6, 6.07) is 3.73. The summed E-state index contributed by atoms with van der Waals surface area (Å²) in [7, 11) is -3.65. The van der Waals surface area contributed by atoms with Gasteiger partial charge in [-0.25, -0.2) is 8.42 Å². The molecule has 5 nitrogen and oxygen atoms in total. The third-order valence-corrected chi connectivity index (χ3v) is 6.88. The van der Waals surface area contributed by atoms with Gasteiger partial charge in [-0.2, -0.15) is 0 Å². The van der Waals surface area contributed by atoms with Gasteiger partial charge in [0.15, 0.2) is 4.34 Å². The van der Waals surface area contributed by atoms with Crippen molar-refractivity contribution in [2.75, 3.05) is 10.5 Å². The van der Waals surface area contributed by atoms with Crippen LogP contribution in [0.4, 0.5) is 5.13 Å². The summed E-state index contributed by atoms with van der Waals surface area (Å²) in [6.45, 7) is 7.64. The molecular weight excluding hydrogens is 338 g/mol. The summed E-state index contributed by atoms with van der Waals surface area (Å²) in [5.41, 5.74) is 2.51. The lowest BCUT2D eigenvalue weighted by Gasteiger charge is -2.12. The highest BCUT2D eigenvalue weighted by atomic mass is 32.2. The third-order valence-electron chi connectivity index (χ3n) is 2.93. The number of sulfonamides is 1. The molecule has 1 aromatic carbocycles. The molecule has 0 radical (unpaired) electrons. The van der Waals surface area contributed by atoms with E-state index in [1.54, 1.807) is 25.6 Å². The number of aryl methyl sites for hydroxylation is 3. The molecule has 0 saturated carbocycles. The van der Waals surface area contributed by atoms with E-state index in [0.29, 0.717) is 10.0 Å². The number of hydrogen-bond donors (Lipinski definition) is 1. The van der Waals surface area contributed by atoms with E-state index in [2.05, 4.69) is 21.8 Å². The van der Waals surface area contributed by atoms with Gasteiger partial charge in [-0.05, 0) is 38.3 Å². The topological polar surface area (TPSA) is 72.0 Å². The van der Waals surface area contributed by atoms with Crippen LogP contribution in [0, 0.1) is 20.8 Å². The van der Waals surface area contributed by atoms with Gasteiger partial charge in [0.05, 0.1) is 4.90 Å². The van der Waals surface area contributed by atoms with Gasteiger partial charge in [0, 0.05) is 5.75 Å². The van der Waals surface area contributed by atoms with E-state index in [0.717, 1.165) is 33.2 Å². The predicted molar refractivity (Wildman–Crippen MR) is 92.4 cm³/mol. The zero-order valence-corrected chi connectivity index (χ0v) is 15.5. The van der Waals surface area contributed by atoms with Crippen LogP contribution in [-0.4, -0.2) is 24.4 Å². The fourth-order valence-corrected chi connectivity index (χ4v) is 5.62. The van der Waals surface area contributed by atoms with Crippen molar-refractivity contribution in [3.63, 3.8) is 0 Å². The molecule has 0 fully saturated rings. The van der Waals surface area contributed by atoms with Crippen molar-refractivity contribution in [2.24, 2.45) is 0 Å². The standard InChI is InChI=1S/C14H19N3O2S3/c1-5-6-20-14-16-15-13(21-14)17-22(18,19)12-10(3)7-9(2)8-11(12)4/h7-8H,5-6H2,1-4H3,(H,15,17). The number of benzene rings is 1. The van der Waals surface area contributed by atoms with Gasteiger partial charge < -0.3 is 0 Å². The number of nitrogens with one attached hydrogen (secondary N) is 1. The Kier molecular flexibility index (Phi) is 5.46. The maximum atomic E-state index is 12.6. The molecule has 0 amide bonds. The van der Waals surface area contributed by atoms with Gasteiger partial charge >= 0.3 is 0 Å². The lowest BCUT2D eigenvalue weighted by atomic mass is 10.1. The molecule has 2 aromatic rings. The van der Waals surface area contributed by atoms with Gasteiger partial charge in [-0.3, -0.25) is 4.72 Å². The quantitative estimate of drug-likeness (QED) is 0.797. The van der Waals surface area contributed by atoms with E-state index in [9.17, 15) is 8.42 Å². The lowest BCUT2D eigenvalue weighted by molar-refractivity contribution is 0.600. The first-order valence-electron chi connectivity index (χ1n) is 6.90. The minimum atomic E-state index is -3.65. The van der Waals surface area contributed by atoms with Gasteiger partial charge in [0.1, 0.15) is 0 Å². The first-order chi connectivity index (χ1) is 10.3. The Labute approximate surface area is 139 Å². The average Bonchev–Trinajstić information content (AvgIpc) is 2.81. The molecule has 0 saturated heterocycles. The number of anilines is 1. The first-order valence-corrected chi connectivity index (χ1v) is 10.2. The molecule has 120 valence electrons. The summed E-state index contributed by atoms with van der Waals surface area (Å²) < 4.78 is 28.5. The van der Waals surface area contributed by atoms with Crippen molar-refractivity contribution in [3.05, 3.63) is 28.8 Å². The molecule has 0 bridgehead atoms. The van der Waals surface area contributed by atoms with Crippen molar-refractivity contribution in [3.8, 4) is 0 Å². The summed E-state index contributed by atoms with van der Waals surface area (Å²) in [5.74, 6) is 0.942. The monoisotopic (exact) mass is 357 g/mol. The second kappa shape index (κ2) is 6.97. The summed E-state index contributed by atoms with van der Waals surface area (Å²) >= 11 is 2.84. The van der Waals surface area contributed by atoms with E-state index in [-0.39, 0.29) is 0 Å². The van der Waals surface area contributed by atoms with Crippen LogP contribution in [-0.2, 0) is 10.0 Å².